The Labute approximate surface area is 228 Å². The minimum atomic E-state index is -0.737. The quantitative estimate of drug-likeness (QED) is 0.337. The number of carboxylic acid groups (broad SMARTS) is 1. The summed E-state index contributed by atoms with van der Waals surface area (Å²) in [5.74, 6) is -0.819. The molecule has 1 N–H and O–H groups in total. The van der Waals surface area contributed by atoms with Gasteiger partial charge >= 0.3 is 5.97 Å². The number of aryl methyl sites for hydroxylation is 1. The van der Waals surface area contributed by atoms with Crippen molar-refractivity contribution in [2.24, 2.45) is 11.3 Å². The second-order valence-corrected chi connectivity index (χ2v) is 12.2. The van der Waals surface area contributed by atoms with Crippen molar-refractivity contribution < 1.29 is 28.2 Å². The van der Waals surface area contributed by atoms with Gasteiger partial charge in [-0.3, -0.25) is 4.79 Å². The first-order valence-electron chi connectivity index (χ1n) is 13.8. The molecule has 3 aromatic carbocycles. The molecular formula is C33H34F2O4. The minimum absolute atomic E-state index is 0.0464. The second-order valence-electron chi connectivity index (χ2n) is 12.2. The molecule has 0 amide bonds. The van der Waals surface area contributed by atoms with Gasteiger partial charge in [0.1, 0.15) is 29.7 Å². The Kier molecular flexibility index (Phi) is 6.20. The Balaban J connectivity index is 1.34. The molecule has 3 aromatic rings. The number of rotatable bonds is 7. The van der Waals surface area contributed by atoms with E-state index in [0.717, 1.165) is 43.2 Å². The van der Waals surface area contributed by atoms with Crippen LogP contribution >= 0.6 is 0 Å². The van der Waals surface area contributed by atoms with Crippen molar-refractivity contribution in [2.75, 3.05) is 7.11 Å². The van der Waals surface area contributed by atoms with Gasteiger partial charge in [-0.25, -0.2) is 8.78 Å². The van der Waals surface area contributed by atoms with Crippen molar-refractivity contribution >= 4 is 5.97 Å². The molecule has 6 rings (SSSR count). The third-order valence-electron chi connectivity index (χ3n) is 9.49. The molecule has 39 heavy (non-hydrogen) atoms. The zero-order chi connectivity index (χ0) is 27.5. The van der Waals surface area contributed by atoms with Crippen LogP contribution in [0.2, 0.25) is 0 Å². The number of halogens is 2. The standard InChI is InChI=1S/C33H34F2O4/c1-32(2)11-4-5-25(32)23-13-19(14-29(35)30(23)24-15-21(38-3)8-9-28(24)34)18-39-22-7-6-20-10-12-33(26(20)16-22)17-27(33)31(36)37/h6-9,13-16,25,27H,4-5,10-12,17-18H2,1-3H3,(H,36,37)/t25-,27+,33+/m1/s1. The molecular weight excluding hydrogens is 498 g/mol. The number of fused-ring (bicyclic) bond motifs is 2. The number of carboxylic acids is 1. The SMILES string of the molecule is COc1ccc(F)c(-c2c(F)cc(COc3ccc4c(c3)[C@]3(CC4)C[C@H]3C(=O)O)cc2[C@H]2CCCC2(C)C)c1. The van der Waals surface area contributed by atoms with Gasteiger partial charge in [0.05, 0.1) is 13.0 Å². The van der Waals surface area contributed by atoms with Gasteiger partial charge in [0.25, 0.3) is 0 Å². The third kappa shape index (κ3) is 4.38. The Morgan fingerprint density at radius 2 is 1.82 bits per heavy atom. The lowest BCUT2D eigenvalue weighted by atomic mass is 9.75. The summed E-state index contributed by atoms with van der Waals surface area (Å²) in [6.45, 7) is 4.55. The normalized spacial score (nSPS) is 24.5. The summed E-state index contributed by atoms with van der Waals surface area (Å²) in [6.07, 6.45) is 5.38. The van der Waals surface area contributed by atoms with Crippen molar-refractivity contribution in [1.29, 1.82) is 0 Å². The summed E-state index contributed by atoms with van der Waals surface area (Å²) < 4.78 is 42.5. The molecule has 0 heterocycles. The number of hydrogen-bond acceptors (Lipinski definition) is 3. The number of benzene rings is 3. The van der Waals surface area contributed by atoms with Crippen molar-refractivity contribution in [2.45, 2.75) is 70.3 Å². The minimum Gasteiger partial charge on any atom is -0.497 e. The predicted octanol–water partition coefficient (Wildman–Crippen LogP) is 7.80. The summed E-state index contributed by atoms with van der Waals surface area (Å²) in [5, 5.41) is 9.56. The second kappa shape index (κ2) is 9.35. The zero-order valence-electron chi connectivity index (χ0n) is 22.7. The van der Waals surface area contributed by atoms with Crippen LogP contribution in [-0.4, -0.2) is 18.2 Å². The number of hydrogen-bond donors (Lipinski definition) is 1. The van der Waals surface area contributed by atoms with Crippen molar-refractivity contribution in [3.05, 3.63) is 82.4 Å². The van der Waals surface area contributed by atoms with E-state index in [2.05, 4.69) is 13.8 Å². The van der Waals surface area contributed by atoms with Gasteiger partial charge < -0.3 is 14.6 Å². The fourth-order valence-corrected chi connectivity index (χ4v) is 7.24. The first-order valence-corrected chi connectivity index (χ1v) is 13.8. The average molecular weight is 533 g/mol. The predicted molar refractivity (Wildman–Crippen MR) is 145 cm³/mol. The highest BCUT2D eigenvalue weighted by molar-refractivity contribution is 5.78. The third-order valence-corrected chi connectivity index (χ3v) is 9.49. The summed E-state index contributed by atoms with van der Waals surface area (Å²) in [5.41, 5.74) is 3.94. The highest BCUT2D eigenvalue weighted by Gasteiger charge is 2.61. The van der Waals surface area contributed by atoms with E-state index in [4.69, 9.17) is 9.47 Å². The van der Waals surface area contributed by atoms with Gasteiger partial charge in [-0.2, -0.15) is 0 Å². The van der Waals surface area contributed by atoms with E-state index in [-0.39, 0.29) is 34.8 Å². The molecule has 0 unspecified atom stereocenters. The van der Waals surface area contributed by atoms with Crippen LogP contribution in [0.5, 0.6) is 11.5 Å². The molecule has 3 aliphatic carbocycles. The fraction of sp³-hybridized carbons (Fsp3) is 0.424. The van der Waals surface area contributed by atoms with Crippen molar-refractivity contribution in [3.8, 4) is 22.6 Å². The van der Waals surface area contributed by atoms with Gasteiger partial charge in [0.15, 0.2) is 0 Å². The van der Waals surface area contributed by atoms with Crippen LogP contribution < -0.4 is 9.47 Å². The van der Waals surface area contributed by atoms with Crippen molar-refractivity contribution in [1.82, 2.24) is 0 Å². The first kappa shape index (κ1) is 25.8. The van der Waals surface area contributed by atoms with Crippen LogP contribution in [-0.2, 0) is 23.2 Å². The maximum Gasteiger partial charge on any atom is 0.307 e. The van der Waals surface area contributed by atoms with Gasteiger partial charge in [0.2, 0.25) is 0 Å². The van der Waals surface area contributed by atoms with Crippen LogP contribution in [0.25, 0.3) is 11.1 Å². The monoisotopic (exact) mass is 532 g/mol. The fourth-order valence-electron chi connectivity index (χ4n) is 7.24. The Morgan fingerprint density at radius 3 is 2.51 bits per heavy atom. The van der Waals surface area contributed by atoms with Crippen LogP contribution in [0.1, 0.15) is 74.1 Å². The van der Waals surface area contributed by atoms with Crippen LogP contribution in [0.3, 0.4) is 0 Å². The van der Waals surface area contributed by atoms with Crippen LogP contribution in [0.15, 0.2) is 48.5 Å². The Morgan fingerprint density at radius 1 is 1.03 bits per heavy atom. The van der Waals surface area contributed by atoms with Gasteiger partial charge in [0, 0.05) is 16.5 Å². The molecule has 204 valence electrons. The molecule has 3 aliphatic rings. The van der Waals surface area contributed by atoms with Crippen LogP contribution in [0.4, 0.5) is 8.78 Å². The Bertz CT molecular complexity index is 1460. The van der Waals surface area contributed by atoms with E-state index in [1.807, 2.05) is 24.3 Å². The van der Waals surface area contributed by atoms with Gasteiger partial charge in [-0.15, -0.1) is 0 Å². The lowest BCUT2D eigenvalue weighted by molar-refractivity contribution is -0.139. The molecule has 2 fully saturated rings. The highest BCUT2D eigenvalue weighted by Crippen LogP contribution is 2.62. The average Bonchev–Trinajstić information content (AvgIpc) is 3.39. The molecule has 3 atom stereocenters. The highest BCUT2D eigenvalue weighted by atomic mass is 19.1. The summed E-state index contributed by atoms with van der Waals surface area (Å²) in [4.78, 5) is 11.6. The topological polar surface area (TPSA) is 55.8 Å². The largest absolute Gasteiger partial charge is 0.497 e. The lowest BCUT2D eigenvalue weighted by Crippen LogP contribution is -2.17. The van der Waals surface area contributed by atoms with E-state index in [0.29, 0.717) is 29.0 Å². The molecule has 0 aromatic heterocycles. The maximum atomic E-state index is 15.9. The van der Waals surface area contributed by atoms with E-state index < -0.39 is 17.6 Å². The maximum absolute atomic E-state index is 15.9. The number of methoxy groups -OCH3 is 1. The first-order chi connectivity index (χ1) is 18.6. The Hall–Kier alpha value is -3.41. The van der Waals surface area contributed by atoms with E-state index in [9.17, 15) is 9.90 Å². The van der Waals surface area contributed by atoms with E-state index >= 15 is 8.78 Å². The molecule has 4 nitrogen and oxygen atoms in total. The number of ether oxygens (including phenoxy) is 2. The molecule has 0 radical (unpaired) electrons. The number of aliphatic carboxylic acids is 1. The smallest absolute Gasteiger partial charge is 0.307 e. The van der Waals surface area contributed by atoms with Gasteiger partial charge in [-0.1, -0.05) is 32.4 Å². The molecule has 2 saturated carbocycles. The van der Waals surface area contributed by atoms with Gasteiger partial charge in [-0.05, 0) is 102 Å². The number of carbonyl (C=O) groups is 1. The van der Waals surface area contributed by atoms with E-state index in [1.165, 1.54) is 24.8 Å². The summed E-state index contributed by atoms with van der Waals surface area (Å²) >= 11 is 0. The molecule has 1 spiro atoms. The molecule has 0 aliphatic heterocycles. The molecule has 0 bridgehead atoms. The molecule has 0 saturated heterocycles. The summed E-state index contributed by atoms with van der Waals surface area (Å²) in [6, 6.07) is 13.8. The van der Waals surface area contributed by atoms with Crippen molar-refractivity contribution in [3.63, 3.8) is 0 Å². The van der Waals surface area contributed by atoms with Crippen LogP contribution in [0, 0.1) is 23.0 Å². The molecule has 6 heteroatoms. The summed E-state index contributed by atoms with van der Waals surface area (Å²) in [7, 11) is 1.51. The zero-order valence-corrected chi connectivity index (χ0v) is 22.7. The van der Waals surface area contributed by atoms with E-state index in [1.54, 1.807) is 12.1 Å². The lowest BCUT2D eigenvalue weighted by Gasteiger charge is -2.30.